The van der Waals surface area contributed by atoms with Crippen LogP contribution in [0.25, 0.3) is 0 Å². The highest BCUT2D eigenvalue weighted by molar-refractivity contribution is 7.18. The van der Waals surface area contributed by atoms with E-state index in [4.69, 9.17) is 21.1 Å². The number of methoxy groups -OCH3 is 1. The number of ether oxygens (including phenoxy) is 2. The summed E-state index contributed by atoms with van der Waals surface area (Å²) in [5, 5.41) is 5.07. The molecule has 0 saturated carbocycles. The quantitative estimate of drug-likeness (QED) is 0.787. The number of esters is 1. The molecule has 1 aliphatic heterocycles. The van der Waals surface area contributed by atoms with Gasteiger partial charge in [-0.3, -0.25) is 4.68 Å². The minimum atomic E-state index is -0.463. The van der Waals surface area contributed by atoms with E-state index in [1.807, 2.05) is 16.9 Å². The molecule has 3 heterocycles. The van der Waals surface area contributed by atoms with Gasteiger partial charge in [-0.15, -0.1) is 0 Å². The number of anilines is 1. The Balaban J connectivity index is 1.70. The van der Waals surface area contributed by atoms with E-state index in [1.165, 1.54) is 18.4 Å². The molecular weight excluding hydrogens is 328 g/mol. The van der Waals surface area contributed by atoms with E-state index in [2.05, 4.69) is 15.0 Å². The Hall–Kier alpha value is -1.64. The highest BCUT2D eigenvalue weighted by Crippen LogP contribution is 2.31. The second-order valence-corrected chi connectivity index (χ2v) is 6.11. The molecule has 118 valence electrons. The van der Waals surface area contributed by atoms with Gasteiger partial charge >= 0.3 is 5.97 Å². The zero-order valence-corrected chi connectivity index (χ0v) is 13.5. The van der Waals surface area contributed by atoms with Crippen molar-refractivity contribution in [3.8, 4) is 0 Å². The minimum Gasteiger partial charge on any atom is -0.465 e. The molecule has 1 atom stereocenters. The molecule has 0 N–H and O–H groups in total. The van der Waals surface area contributed by atoms with Crippen LogP contribution >= 0.6 is 22.9 Å². The molecular formula is C13H15ClN4O3S. The van der Waals surface area contributed by atoms with Crippen LogP contribution in [0.1, 0.15) is 9.67 Å². The normalized spacial score (nSPS) is 18.5. The Bertz CT molecular complexity index is 646. The molecule has 0 spiro atoms. The molecule has 22 heavy (non-hydrogen) atoms. The van der Waals surface area contributed by atoms with E-state index in [1.54, 1.807) is 6.20 Å². The molecule has 9 heteroatoms. The number of carbonyl (C=O) groups excluding carboxylic acids is 1. The summed E-state index contributed by atoms with van der Waals surface area (Å²) in [5.74, 6) is -0.463. The molecule has 7 nitrogen and oxygen atoms in total. The first-order valence-electron chi connectivity index (χ1n) is 6.76. The van der Waals surface area contributed by atoms with E-state index < -0.39 is 5.97 Å². The molecule has 0 radical (unpaired) electrons. The van der Waals surface area contributed by atoms with Crippen LogP contribution in [0.4, 0.5) is 5.13 Å². The first-order chi connectivity index (χ1) is 10.7. The third kappa shape index (κ3) is 3.23. The Morgan fingerprint density at radius 2 is 2.50 bits per heavy atom. The van der Waals surface area contributed by atoms with Crippen molar-refractivity contribution in [1.29, 1.82) is 0 Å². The fraction of sp³-hybridized carbons (Fsp3) is 0.462. The van der Waals surface area contributed by atoms with Gasteiger partial charge in [0.1, 0.15) is 0 Å². The number of carbonyl (C=O) groups is 1. The maximum atomic E-state index is 11.6. The van der Waals surface area contributed by atoms with E-state index in [0.717, 1.165) is 0 Å². The third-order valence-corrected chi connectivity index (χ3v) is 4.79. The highest BCUT2D eigenvalue weighted by Gasteiger charge is 2.26. The molecule has 1 saturated heterocycles. The monoisotopic (exact) mass is 342 g/mol. The van der Waals surface area contributed by atoms with Crippen LogP contribution in [0.5, 0.6) is 0 Å². The zero-order valence-electron chi connectivity index (χ0n) is 11.9. The summed E-state index contributed by atoms with van der Waals surface area (Å²) < 4.78 is 12.3. The summed E-state index contributed by atoms with van der Waals surface area (Å²) in [6.07, 6.45) is 3.65. The number of nitrogens with zero attached hydrogens (tertiary/aromatic N) is 4. The number of hydrogen-bond acceptors (Lipinski definition) is 7. The van der Waals surface area contributed by atoms with Gasteiger partial charge < -0.3 is 14.4 Å². The zero-order chi connectivity index (χ0) is 15.5. The van der Waals surface area contributed by atoms with Crippen LogP contribution in [0.15, 0.2) is 18.5 Å². The number of aromatic nitrogens is 3. The van der Waals surface area contributed by atoms with Crippen molar-refractivity contribution in [1.82, 2.24) is 14.8 Å². The van der Waals surface area contributed by atoms with Crippen molar-refractivity contribution < 1.29 is 14.3 Å². The predicted octanol–water partition coefficient (Wildman–Crippen LogP) is 1.68. The molecule has 2 aromatic heterocycles. The molecule has 0 amide bonds. The second kappa shape index (κ2) is 6.64. The highest BCUT2D eigenvalue weighted by atomic mass is 35.5. The summed E-state index contributed by atoms with van der Waals surface area (Å²) in [7, 11) is 1.33. The molecule has 2 aromatic rings. The van der Waals surface area contributed by atoms with Crippen LogP contribution in [0, 0.1) is 0 Å². The second-order valence-electron chi connectivity index (χ2n) is 4.77. The van der Waals surface area contributed by atoms with E-state index in [-0.39, 0.29) is 11.3 Å². The van der Waals surface area contributed by atoms with Crippen LogP contribution in [-0.4, -0.2) is 53.6 Å². The Morgan fingerprint density at radius 3 is 3.23 bits per heavy atom. The van der Waals surface area contributed by atoms with Crippen molar-refractivity contribution in [3.05, 3.63) is 28.5 Å². The molecule has 0 aromatic carbocycles. The third-order valence-electron chi connectivity index (χ3n) is 3.30. The predicted molar refractivity (Wildman–Crippen MR) is 82.6 cm³/mol. The van der Waals surface area contributed by atoms with Gasteiger partial charge in [0.05, 0.1) is 26.4 Å². The summed E-state index contributed by atoms with van der Waals surface area (Å²) >= 11 is 7.25. The largest absolute Gasteiger partial charge is 0.465 e. The van der Waals surface area contributed by atoms with Crippen molar-refractivity contribution >= 4 is 34.0 Å². The van der Waals surface area contributed by atoms with Gasteiger partial charge in [-0.05, 0) is 6.07 Å². The molecule has 1 fully saturated rings. The van der Waals surface area contributed by atoms with Gasteiger partial charge in [0, 0.05) is 25.5 Å². The van der Waals surface area contributed by atoms with Crippen molar-refractivity contribution in [2.45, 2.75) is 12.6 Å². The van der Waals surface area contributed by atoms with Crippen LogP contribution in [-0.2, 0) is 16.0 Å². The number of morpholine rings is 1. The molecule has 1 aliphatic rings. The van der Waals surface area contributed by atoms with Gasteiger partial charge in [0.2, 0.25) is 0 Å². The molecule has 3 rings (SSSR count). The maximum absolute atomic E-state index is 11.6. The number of hydrogen-bond donors (Lipinski definition) is 0. The average molecular weight is 343 g/mol. The number of rotatable bonds is 4. The fourth-order valence-corrected chi connectivity index (χ4v) is 3.50. The van der Waals surface area contributed by atoms with Gasteiger partial charge in [-0.1, -0.05) is 22.9 Å². The number of halogens is 1. The summed E-state index contributed by atoms with van der Waals surface area (Å²) in [6, 6.07) is 1.88. The molecule has 0 aliphatic carbocycles. The lowest BCUT2D eigenvalue weighted by Gasteiger charge is -2.32. The maximum Gasteiger partial charge on any atom is 0.351 e. The topological polar surface area (TPSA) is 69.5 Å². The van der Waals surface area contributed by atoms with Crippen molar-refractivity contribution in [2.24, 2.45) is 0 Å². The average Bonchev–Trinajstić information content (AvgIpc) is 3.16. The van der Waals surface area contributed by atoms with Gasteiger partial charge in [-0.25, -0.2) is 9.78 Å². The summed E-state index contributed by atoms with van der Waals surface area (Å²) in [5.41, 5.74) is 0. The van der Waals surface area contributed by atoms with Gasteiger partial charge in [0.25, 0.3) is 0 Å². The molecule has 1 unspecified atom stereocenters. The summed E-state index contributed by atoms with van der Waals surface area (Å²) in [6.45, 7) is 2.65. The minimum absolute atomic E-state index is 0.0119. The van der Waals surface area contributed by atoms with Crippen LogP contribution in [0.3, 0.4) is 0 Å². The SMILES string of the molecule is COC(=O)c1sc(N2CCOC(Cn3cccn3)C2)nc1Cl. The van der Waals surface area contributed by atoms with Gasteiger partial charge in [-0.2, -0.15) is 5.10 Å². The Labute approximate surface area is 136 Å². The van der Waals surface area contributed by atoms with Crippen molar-refractivity contribution in [3.63, 3.8) is 0 Å². The Kier molecular flexibility index (Phi) is 4.60. The lowest BCUT2D eigenvalue weighted by Crippen LogP contribution is -2.44. The van der Waals surface area contributed by atoms with E-state index in [9.17, 15) is 4.79 Å². The summed E-state index contributed by atoms with van der Waals surface area (Å²) in [4.78, 5) is 18.3. The standard InChI is InChI=1S/C13H15ClN4O3S/c1-20-12(19)10-11(14)16-13(22-10)17-5-6-21-9(7-17)8-18-4-2-3-15-18/h2-4,9H,5-8H2,1H3. The first-order valence-corrected chi connectivity index (χ1v) is 7.95. The Morgan fingerprint density at radius 1 is 1.64 bits per heavy atom. The van der Waals surface area contributed by atoms with Gasteiger partial charge in [0.15, 0.2) is 15.2 Å². The van der Waals surface area contributed by atoms with Crippen molar-refractivity contribution in [2.75, 3.05) is 31.7 Å². The number of thiazole rings is 1. The fourth-order valence-electron chi connectivity index (χ4n) is 2.27. The lowest BCUT2D eigenvalue weighted by molar-refractivity contribution is 0.0274. The smallest absolute Gasteiger partial charge is 0.351 e. The van der Waals surface area contributed by atoms with E-state index in [0.29, 0.717) is 36.2 Å². The first kappa shape index (κ1) is 15.3. The molecule has 0 bridgehead atoms. The lowest BCUT2D eigenvalue weighted by atomic mass is 10.3. The van der Waals surface area contributed by atoms with Crippen LogP contribution < -0.4 is 4.90 Å². The van der Waals surface area contributed by atoms with Crippen LogP contribution in [0.2, 0.25) is 5.15 Å². The van der Waals surface area contributed by atoms with E-state index >= 15 is 0 Å².